The molecule has 0 fully saturated rings. The zero-order valence-electron chi connectivity index (χ0n) is 14.1. The minimum Gasteiger partial charge on any atom is -0.493 e. The molecule has 6 heteroatoms. The highest BCUT2D eigenvalue weighted by molar-refractivity contribution is 9.10. The van der Waals surface area contributed by atoms with Crippen LogP contribution in [0.4, 0.5) is 0 Å². The fraction of sp³-hybridized carbons (Fsp3) is 0.100. The van der Waals surface area contributed by atoms with Gasteiger partial charge in [0.1, 0.15) is 6.61 Å². The molecule has 2 aromatic carbocycles. The average molecular weight is 414 g/mol. The number of esters is 1. The first-order valence-electron chi connectivity index (χ1n) is 7.81. The molecule has 0 N–H and O–H groups in total. The molecule has 26 heavy (non-hydrogen) atoms. The van der Waals surface area contributed by atoms with Crippen LogP contribution in [-0.2, 0) is 9.53 Å². The van der Waals surface area contributed by atoms with Crippen LogP contribution >= 0.6 is 15.9 Å². The molecular weight excluding hydrogens is 398 g/mol. The van der Waals surface area contributed by atoms with E-state index in [-0.39, 0.29) is 11.6 Å². The molecule has 0 amide bonds. The molecule has 0 radical (unpaired) electrons. The predicted molar refractivity (Wildman–Crippen MR) is 103 cm³/mol. The Kier molecular flexibility index (Phi) is 5.53. The van der Waals surface area contributed by atoms with Gasteiger partial charge in [-0.05, 0) is 42.0 Å². The number of nitrogens with zero attached hydrogens (tertiary/aromatic N) is 1. The Morgan fingerprint density at radius 1 is 1.23 bits per heavy atom. The zero-order chi connectivity index (χ0) is 18.5. The molecule has 5 nitrogen and oxygen atoms in total. The number of methoxy groups -OCH3 is 1. The monoisotopic (exact) mass is 413 g/mol. The number of hydrogen-bond donors (Lipinski definition) is 0. The van der Waals surface area contributed by atoms with Crippen LogP contribution in [-0.4, -0.2) is 25.6 Å². The van der Waals surface area contributed by atoms with Gasteiger partial charge in [-0.1, -0.05) is 40.7 Å². The van der Waals surface area contributed by atoms with E-state index in [0.717, 1.165) is 15.6 Å². The van der Waals surface area contributed by atoms with Crippen molar-refractivity contribution in [1.82, 2.24) is 0 Å². The van der Waals surface area contributed by atoms with E-state index in [1.165, 1.54) is 0 Å². The number of hydrogen-bond acceptors (Lipinski definition) is 5. The van der Waals surface area contributed by atoms with Crippen molar-refractivity contribution in [3.8, 4) is 11.5 Å². The third kappa shape index (κ3) is 4.03. The van der Waals surface area contributed by atoms with Gasteiger partial charge < -0.3 is 14.2 Å². The minimum absolute atomic E-state index is 0.224. The lowest BCUT2D eigenvalue weighted by atomic mass is 10.1. The topological polar surface area (TPSA) is 57.1 Å². The lowest BCUT2D eigenvalue weighted by molar-refractivity contribution is -0.129. The molecule has 3 rings (SSSR count). The molecule has 2 aromatic rings. The molecule has 1 aliphatic heterocycles. The summed E-state index contributed by atoms with van der Waals surface area (Å²) in [6.45, 7) is 4.00. The summed E-state index contributed by atoms with van der Waals surface area (Å²) in [5.41, 5.74) is 1.70. The Morgan fingerprint density at radius 2 is 2.08 bits per heavy atom. The smallest absolute Gasteiger partial charge is 0.363 e. The van der Waals surface area contributed by atoms with Crippen LogP contribution in [0.25, 0.3) is 6.08 Å². The quantitative estimate of drug-likeness (QED) is 0.400. The molecule has 0 spiro atoms. The van der Waals surface area contributed by atoms with E-state index in [4.69, 9.17) is 14.2 Å². The number of ether oxygens (including phenoxy) is 3. The Hall–Kier alpha value is -2.86. The zero-order valence-corrected chi connectivity index (χ0v) is 15.7. The molecular formula is C20H16BrNO4. The summed E-state index contributed by atoms with van der Waals surface area (Å²) in [5.74, 6) is 0.942. The largest absolute Gasteiger partial charge is 0.493 e. The molecule has 0 unspecified atom stereocenters. The number of benzene rings is 2. The molecule has 0 atom stereocenters. The summed E-state index contributed by atoms with van der Waals surface area (Å²) in [6.07, 6.45) is 3.30. The highest BCUT2D eigenvalue weighted by Crippen LogP contribution is 2.30. The maximum absolute atomic E-state index is 12.1. The van der Waals surface area contributed by atoms with Crippen molar-refractivity contribution < 1.29 is 19.0 Å². The molecule has 0 aliphatic carbocycles. The molecule has 0 saturated heterocycles. The first kappa shape index (κ1) is 17.9. The third-order valence-corrected chi connectivity index (χ3v) is 4.03. The summed E-state index contributed by atoms with van der Waals surface area (Å²) in [5, 5.41) is 0. The Balaban J connectivity index is 1.89. The van der Waals surface area contributed by atoms with Gasteiger partial charge in [-0.3, -0.25) is 0 Å². The third-order valence-electron chi connectivity index (χ3n) is 3.54. The van der Waals surface area contributed by atoms with Crippen molar-refractivity contribution in [3.05, 3.63) is 76.4 Å². The van der Waals surface area contributed by atoms with E-state index in [2.05, 4.69) is 27.5 Å². The number of rotatable bonds is 6. The SMILES string of the molecule is C=CCOc1ccc(/C=C2/N=C(c3cccc(Br)c3)OC2=O)cc1OC. The van der Waals surface area contributed by atoms with Gasteiger partial charge in [0.25, 0.3) is 0 Å². The van der Waals surface area contributed by atoms with Gasteiger partial charge >= 0.3 is 5.97 Å². The Labute approximate surface area is 159 Å². The van der Waals surface area contributed by atoms with Crippen LogP contribution < -0.4 is 9.47 Å². The van der Waals surface area contributed by atoms with Crippen molar-refractivity contribution in [2.24, 2.45) is 4.99 Å². The van der Waals surface area contributed by atoms with Crippen LogP contribution in [0.3, 0.4) is 0 Å². The molecule has 1 aliphatic rings. The van der Waals surface area contributed by atoms with Gasteiger partial charge in [-0.15, -0.1) is 0 Å². The van der Waals surface area contributed by atoms with E-state index >= 15 is 0 Å². The maximum atomic E-state index is 12.1. The van der Waals surface area contributed by atoms with Crippen molar-refractivity contribution in [1.29, 1.82) is 0 Å². The summed E-state index contributed by atoms with van der Waals surface area (Å²) in [4.78, 5) is 16.4. The van der Waals surface area contributed by atoms with Crippen LogP contribution in [0, 0.1) is 0 Å². The molecule has 0 saturated carbocycles. The maximum Gasteiger partial charge on any atom is 0.363 e. The number of carbonyl (C=O) groups is 1. The van der Waals surface area contributed by atoms with Crippen molar-refractivity contribution in [3.63, 3.8) is 0 Å². The lowest BCUT2D eigenvalue weighted by Gasteiger charge is -2.09. The summed E-state index contributed by atoms with van der Waals surface area (Å²) >= 11 is 3.39. The number of cyclic esters (lactones) is 1. The minimum atomic E-state index is -0.495. The van der Waals surface area contributed by atoms with Gasteiger partial charge in [-0.25, -0.2) is 9.79 Å². The molecule has 0 bridgehead atoms. The number of halogens is 1. The fourth-order valence-corrected chi connectivity index (χ4v) is 2.75. The van der Waals surface area contributed by atoms with E-state index in [0.29, 0.717) is 18.1 Å². The fourth-order valence-electron chi connectivity index (χ4n) is 2.35. The second-order valence-corrected chi connectivity index (χ2v) is 6.27. The molecule has 1 heterocycles. The van der Waals surface area contributed by atoms with Crippen LogP contribution in [0.1, 0.15) is 11.1 Å². The van der Waals surface area contributed by atoms with Gasteiger partial charge in [0.05, 0.1) is 7.11 Å². The van der Waals surface area contributed by atoms with E-state index in [1.54, 1.807) is 31.4 Å². The second kappa shape index (κ2) is 8.01. The number of aliphatic imine (C=N–C) groups is 1. The summed E-state index contributed by atoms with van der Waals surface area (Å²) in [7, 11) is 1.56. The standard InChI is InChI=1S/C20H16BrNO4/c1-3-9-25-17-8-7-13(11-18(17)24-2)10-16-20(23)26-19(22-16)14-5-4-6-15(21)12-14/h3-8,10-12H,1,9H2,2H3/b16-10+. The summed E-state index contributed by atoms with van der Waals surface area (Å²) < 4.78 is 17.0. The van der Waals surface area contributed by atoms with Crippen LogP contribution in [0.2, 0.25) is 0 Å². The van der Waals surface area contributed by atoms with Crippen molar-refractivity contribution >= 4 is 33.9 Å². The van der Waals surface area contributed by atoms with E-state index < -0.39 is 5.97 Å². The van der Waals surface area contributed by atoms with Crippen molar-refractivity contribution in [2.45, 2.75) is 0 Å². The summed E-state index contributed by atoms with van der Waals surface area (Å²) in [6, 6.07) is 12.8. The van der Waals surface area contributed by atoms with Crippen LogP contribution in [0.5, 0.6) is 11.5 Å². The van der Waals surface area contributed by atoms with Gasteiger partial charge in [-0.2, -0.15) is 0 Å². The normalized spacial score (nSPS) is 14.8. The first-order chi connectivity index (χ1) is 12.6. The van der Waals surface area contributed by atoms with Crippen LogP contribution in [0.15, 0.2) is 70.3 Å². The van der Waals surface area contributed by atoms with E-state index in [9.17, 15) is 4.79 Å². The van der Waals surface area contributed by atoms with Gasteiger partial charge in [0, 0.05) is 10.0 Å². The Morgan fingerprint density at radius 3 is 2.81 bits per heavy atom. The first-order valence-corrected chi connectivity index (χ1v) is 8.60. The highest BCUT2D eigenvalue weighted by Gasteiger charge is 2.24. The molecule has 0 aromatic heterocycles. The van der Waals surface area contributed by atoms with Gasteiger partial charge in [0.2, 0.25) is 5.90 Å². The lowest BCUT2D eigenvalue weighted by Crippen LogP contribution is -2.05. The number of carbonyl (C=O) groups excluding carboxylic acids is 1. The second-order valence-electron chi connectivity index (χ2n) is 5.36. The van der Waals surface area contributed by atoms with Crippen molar-refractivity contribution in [2.75, 3.05) is 13.7 Å². The van der Waals surface area contributed by atoms with E-state index in [1.807, 2.05) is 30.3 Å². The highest BCUT2D eigenvalue weighted by atomic mass is 79.9. The molecule has 132 valence electrons. The average Bonchev–Trinajstić information content (AvgIpc) is 3.01. The Bertz CT molecular complexity index is 918. The van der Waals surface area contributed by atoms with Gasteiger partial charge in [0.15, 0.2) is 17.2 Å². The predicted octanol–water partition coefficient (Wildman–Crippen LogP) is 4.37.